The Morgan fingerprint density at radius 1 is 0.512 bits per heavy atom. The molecule has 0 fully saturated rings. The number of sulfonamides is 1. The molecule has 406 valence electrons. The molecule has 0 unspecified atom stereocenters. The van der Waals surface area contributed by atoms with Crippen LogP contribution in [0.2, 0.25) is 0 Å². The molecule has 8 aromatic rings. The van der Waals surface area contributed by atoms with E-state index < -0.39 is 56.0 Å². The lowest BCUT2D eigenvalue weighted by Crippen LogP contribution is -2.32. The van der Waals surface area contributed by atoms with E-state index in [9.17, 15) is 51.7 Å². The number of primary amides is 1. The van der Waals surface area contributed by atoms with Crippen LogP contribution in [0.1, 0.15) is 54.7 Å². The zero-order valence-corrected chi connectivity index (χ0v) is 44.3. The Morgan fingerprint density at radius 3 is 1.31 bits per heavy atom. The molecule has 0 spiro atoms. The second kappa shape index (κ2) is 26.5. The van der Waals surface area contributed by atoms with Gasteiger partial charge in [-0.3, -0.25) is 19.1 Å². The molecule has 1 aliphatic rings. The highest BCUT2D eigenvalue weighted by atomic mass is 32.2. The molecular formula is C57H53B4F2N3O13S. The van der Waals surface area contributed by atoms with Gasteiger partial charge in [0.1, 0.15) is 11.6 Å². The van der Waals surface area contributed by atoms with Crippen molar-refractivity contribution in [2.45, 2.75) is 20.8 Å². The van der Waals surface area contributed by atoms with Crippen molar-refractivity contribution in [3.63, 3.8) is 0 Å². The minimum atomic E-state index is -3.30. The Balaban J connectivity index is 0.000000172. The van der Waals surface area contributed by atoms with Crippen molar-refractivity contribution in [3.8, 4) is 44.5 Å². The first kappa shape index (κ1) is 60.9. The molecule has 9 rings (SSSR count). The van der Waals surface area contributed by atoms with Crippen molar-refractivity contribution in [3.05, 3.63) is 215 Å². The lowest BCUT2D eigenvalue weighted by molar-refractivity contribution is 0.0977. The number of carbonyl (C=O) groups is 3. The fourth-order valence-corrected chi connectivity index (χ4v) is 8.78. The number of halogens is 2. The molecular weight excluding hydrogens is 1050 g/mol. The van der Waals surface area contributed by atoms with Crippen LogP contribution in [-0.4, -0.2) is 101 Å². The number of amides is 2. The van der Waals surface area contributed by atoms with E-state index in [1.807, 2.05) is 26.0 Å². The van der Waals surface area contributed by atoms with Gasteiger partial charge in [0, 0.05) is 44.6 Å². The second-order valence-corrected chi connectivity index (χ2v) is 20.2. The molecule has 0 saturated heterocycles. The molecule has 12 N–H and O–H groups in total. The van der Waals surface area contributed by atoms with Gasteiger partial charge in [-0.25, -0.2) is 17.2 Å². The Hall–Kier alpha value is -8.34. The van der Waals surface area contributed by atoms with Gasteiger partial charge in [-0.1, -0.05) is 133 Å². The SMILES string of the molecule is C=C1NC(=O)c2ccc(-c3ccc(F)c(B(O)O)c3)cc21.CC(=O)c1ccc(-c2ccc(F)c(B(O)O)c2)cc1.Cc1cc(B(O)O)cc(-c2ccc(C(N)=O)cc2)c1.Cc1cc(B(O)O)cc(-c2ccc(NS(C)(=O)=O)cc2)c1. The molecule has 1 heterocycles. The summed E-state index contributed by atoms with van der Waals surface area (Å²) in [5.74, 6) is -2.05. The van der Waals surface area contributed by atoms with Gasteiger partial charge in [-0.05, 0) is 125 Å². The molecule has 0 atom stereocenters. The van der Waals surface area contributed by atoms with E-state index in [0.717, 1.165) is 50.8 Å². The number of anilines is 1. The maximum atomic E-state index is 13.5. The van der Waals surface area contributed by atoms with E-state index in [0.29, 0.717) is 55.7 Å². The van der Waals surface area contributed by atoms with Crippen LogP contribution in [0.3, 0.4) is 0 Å². The van der Waals surface area contributed by atoms with E-state index in [1.54, 1.807) is 121 Å². The third kappa shape index (κ3) is 16.4. The molecule has 8 aromatic carbocycles. The lowest BCUT2D eigenvalue weighted by atomic mass is 9.78. The lowest BCUT2D eigenvalue weighted by Gasteiger charge is -2.09. The van der Waals surface area contributed by atoms with E-state index in [2.05, 4.69) is 16.6 Å². The number of rotatable bonds is 12. The summed E-state index contributed by atoms with van der Waals surface area (Å²) in [7, 11) is -10.0. The van der Waals surface area contributed by atoms with Gasteiger partial charge < -0.3 is 51.2 Å². The highest BCUT2D eigenvalue weighted by Crippen LogP contribution is 2.29. The average Bonchev–Trinajstić information content (AvgIpc) is 3.69. The van der Waals surface area contributed by atoms with Crippen LogP contribution in [-0.2, 0) is 10.0 Å². The fourth-order valence-electron chi connectivity index (χ4n) is 8.21. The molecule has 16 nitrogen and oxygen atoms in total. The number of carbonyl (C=O) groups excluding carboxylic acids is 3. The van der Waals surface area contributed by atoms with Gasteiger partial charge >= 0.3 is 28.5 Å². The van der Waals surface area contributed by atoms with Gasteiger partial charge in [-0.15, -0.1) is 0 Å². The van der Waals surface area contributed by atoms with Gasteiger partial charge in [0.05, 0.1) is 6.26 Å². The van der Waals surface area contributed by atoms with Crippen molar-refractivity contribution in [1.82, 2.24) is 5.32 Å². The van der Waals surface area contributed by atoms with Crippen LogP contribution in [0, 0.1) is 25.5 Å². The first-order valence-corrected chi connectivity index (χ1v) is 26.1. The first-order valence-electron chi connectivity index (χ1n) is 24.2. The van der Waals surface area contributed by atoms with Crippen LogP contribution < -0.4 is 37.6 Å². The number of ketones is 1. The summed E-state index contributed by atoms with van der Waals surface area (Å²) < 4.78 is 51.5. The van der Waals surface area contributed by atoms with Crippen molar-refractivity contribution in [1.29, 1.82) is 0 Å². The number of nitrogens with two attached hydrogens (primary N) is 1. The van der Waals surface area contributed by atoms with Gasteiger partial charge in [0.15, 0.2) is 5.78 Å². The Bertz CT molecular complexity index is 3700. The van der Waals surface area contributed by atoms with Crippen LogP contribution in [0.25, 0.3) is 50.2 Å². The van der Waals surface area contributed by atoms with E-state index >= 15 is 0 Å². The van der Waals surface area contributed by atoms with Crippen molar-refractivity contribution in [2.75, 3.05) is 11.0 Å². The van der Waals surface area contributed by atoms with Crippen LogP contribution >= 0.6 is 0 Å². The monoisotopic (exact) mass is 1100 g/mol. The molecule has 23 heteroatoms. The zero-order valence-electron chi connectivity index (χ0n) is 43.5. The van der Waals surface area contributed by atoms with Crippen molar-refractivity contribution >= 4 is 89.3 Å². The summed E-state index contributed by atoms with van der Waals surface area (Å²) in [6, 6.07) is 44.5. The standard InChI is InChI=1S/C15H11BFNO3.C14H12BFO3.C14H16BNO4S.C14H14BNO3/c1-8-12-6-9(2-4-11(12)15(19)18-8)10-3-5-14(17)13(7-10)16(20)21;1-9(17)10-2-4-11(5-3-10)12-6-7-14(16)13(8-12)15(18)19;1-10-7-12(9-13(8-10)15(17)18)11-3-5-14(6-4-11)16-21(2,19)20;1-9-6-12(8-13(7-9)15(18)19)10-2-4-11(5-3-10)14(16)17/h2-7,20-21H,1H2,(H,18,19);2-8,18-19H,1H3;3-9,16-18H,1-2H3;2-8,18-19H,1H3,(H2,16,17). The number of Topliss-reactive ketones (excluding diaryl/α,β-unsaturated/α-hetero) is 1. The molecule has 80 heavy (non-hydrogen) atoms. The number of aryl methyl sites for hydroxylation is 2. The summed E-state index contributed by atoms with van der Waals surface area (Å²) >= 11 is 0. The Kier molecular flexibility index (Phi) is 20.2. The topological polar surface area (TPSA) is 297 Å². The molecule has 0 aromatic heterocycles. The molecule has 0 radical (unpaired) electrons. The first-order chi connectivity index (χ1) is 37.7. The highest BCUT2D eigenvalue weighted by Gasteiger charge is 2.24. The van der Waals surface area contributed by atoms with E-state index in [-0.39, 0.29) is 22.6 Å². The summed E-state index contributed by atoms with van der Waals surface area (Å²) in [4.78, 5) is 33.8. The minimum Gasteiger partial charge on any atom is -0.423 e. The highest BCUT2D eigenvalue weighted by molar-refractivity contribution is 7.92. The number of hydrogen-bond donors (Lipinski definition) is 11. The fraction of sp³-hybridized carbons (Fsp3) is 0.0702. The smallest absolute Gasteiger partial charge is 0.423 e. The molecule has 0 bridgehead atoms. The summed E-state index contributed by atoms with van der Waals surface area (Å²) in [5.41, 5.74) is 17.0. The number of nitrogens with one attached hydrogen (secondary N) is 2. The minimum absolute atomic E-state index is 0.0304. The Labute approximate surface area is 461 Å². The zero-order chi connectivity index (χ0) is 58.7. The maximum Gasteiger partial charge on any atom is 0.491 e. The normalized spacial score (nSPS) is 11.3. The number of benzene rings is 8. The third-order valence-corrected chi connectivity index (χ3v) is 12.8. The third-order valence-electron chi connectivity index (χ3n) is 12.2. The van der Waals surface area contributed by atoms with Crippen molar-refractivity contribution in [2.24, 2.45) is 5.73 Å². The Morgan fingerprint density at radius 2 is 0.900 bits per heavy atom. The van der Waals surface area contributed by atoms with Crippen LogP contribution in [0.4, 0.5) is 14.5 Å². The van der Waals surface area contributed by atoms with Crippen LogP contribution in [0.15, 0.2) is 170 Å². The van der Waals surface area contributed by atoms with E-state index in [1.165, 1.54) is 37.3 Å². The number of fused-ring (bicyclic) bond motifs is 1. The summed E-state index contributed by atoms with van der Waals surface area (Å²) in [6.45, 7) is 9.00. The molecule has 1 aliphatic heterocycles. The van der Waals surface area contributed by atoms with E-state index in [4.69, 9.17) is 25.8 Å². The largest absolute Gasteiger partial charge is 0.491 e. The summed E-state index contributed by atoms with van der Waals surface area (Å²) in [5, 5.41) is 76.1. The predicted molar refractivity (Wildman–Crippen MR) is 310 cm³/mol. The average molecular weight is 1100 g/mol. The second-order valence-electron chi connectivity index (χ2n) is 18.5. The molecule has 0 saturated carbocycles. The summed E-state index contributed by atoms with van der Waals surface area (Å²) in [6.07, 6.45) is 1.09. The number of hydrogen-bond acceptors (Lipinski definition) is 13. The molecule has 2 amide bonds. The van der Waals surface area contributed by atoms with Crippen molar-refractivity contribution < 1.29 is 71.8 Å². The molecule has 0 aliphatic carbocycles. The van der Waals surface area contributed by atoms with Crippen LogP contribution in [0.5, 0.6) is 0 Å². The maximum absolute atomic E-state index is 13.5. The van der Waals surface area contributed by atoms with Gasteiger partial charge in [-0.2, -0.15) is 0 Å². The van der Waals surface area contributed by atoms with Gasteiger partial charge in [0.25, 0.3) is 5.91 Å². The quantitative estimate of drug-likeness (QED) is 0.0619. The predicted octanol–water partition coefficient (Wildman–Crippen LogP) is 3.42. The van der Waals surface area contributed by atoms with Gasteiger partial charge in [0.2, 0.25) is 15.9 Å².